The summed E-state index contributed by atoms with van der Waals surface area (Å²) in [5.74, 6) is 0.709. The van der Waals surface area contributed by atoms with Crippen LogP contribution in [0.25, 0.3) is 0 Å². The van der Waals surface area contributed by atoms with Crippen molar-refractivity contribution in [1.82, 2.24) is 0 Å². The molecule has 1 fully saturated rings. The molecular weight excluding hydrogens is 182 g/mol. The maximum atomic E-state index is 6.08. The molecule has 13 heavy (non-hydrogen) atoms. The van der Waals surface area contributed by atoms with Crippen molar-refractivity contribution >= 4 is 11.6 Å². The fraction of sp³-hybridized carbons (Fsp3) is 0.455. The third-order valence-corrected chi connectivity index (χ3v) is 3.12. The third-order valence-electron chi connectivity index (χ3n) is 2.70. The Hall–Kier alpha value is -0.530. The lowest BCUT2D eigenvalue weighted by Crippen LogP contribution is -2.12. The molecule has 0 aromatic heterocycles. The third kappa shape index (κ3) is 1.87. The predicted molar refractivity (Wildman–Crippen MR) is 55.8 cm³/mol. The quantitative estimate of drug-likeness (QED) is 0.772. The molecule has 2 heteroatoms. The Bertz CT molecular complexity index is 318. The fourth-order valence-electron chi connectivity index (χ4n) is 1.60. The lowest BCUT2D eigenvalue weighted by Gasteiger charge is -2.11. The molecule has 0 saturated heterocycles. The number of halogens is 1. The van der Waals surface area contributed by atoms with E-state index in [1.165, 1.54) is 18.4 Å². The summed E-state index contributed by atoms with van der Waals surface area (Å²) in [4.78, 5) is 0. The van der Waals surface area contributed by atoms with Crippen LogP contribution >= 0.6 is 11.6 Å². The number of aryl methyl sites for hydroxylation is 1. The minimum Gasteiger partial charge on any atom is -0.324 e. The molecular formula is C11H14ClN. The van der Waals surface area contributed by atoms with Gasteiger partial charge in [-0.3, -0.25) is 0 Å². The normalized spacial score (nSPS) is 18.7. The monoisotopic (exact) mass is 195 g/mol. The van der Waals surface area contributed by atoms with Crippen LogP contribution in [0.4, 0.5) is 0 Å². The van der Waals surface area contributed by atoms with E-state index in [1.54, 1.807) is 0 Å². The van der Waals surface area contributed by atoms with Crippen molar-refractivity contribution in [3.05, 3.63) is 34.3 Å². The summed E-state index contributed by atoms with van der Waals surface area (Å²) in [5.41, 5.74) is 8.42. The van der Waals surface area contributed by atoms with Gasteiger partial charge >= 0.3 is 0 Å². The van der Waals surface area contributed by atoms with Crippen LogP contribution < -0.4 is 5.73 Å². The molecule has 0 unspecified atom stereocenters. The van der Waals surface area contributed by atoms with Crippen LogP contribution in [0, 0.1) is 12.8 Å². The Morgan fingerprint density at radius 3 is 2.69 bits per heavy atom. The number of benzene rings is 1. The van der Waals surface area contributed by atoms with Gasteiger partial charge in [-0.25, -0.2) is 0 Å². The first-order chi connectivity index (χ1) is 6.18. The summed E-state index contributed by atoms with van der Waals surface area (Å²) in [6.07, 6.45) is 2.56. The second-order valence-corrected chi connectivity index (χ2v) is 4.28. The minimum atomic E-state index is 0.218. The van der Waals surface area contributed by atoms with Crippen molar-refractivity contribution in [1.29, 1.82) is 0 Å². The first-order valence-electron chi connectivity index (χ1n) is 4.70. The number of nitrogens with two attached hydrogens (primary N) is 1. The van der Waals surface area contributed by atoms with Gasteiger partial charge in [0.2, 0.25) is 0 Å². The molecule has 0 heterocycles. The standard InChI is InChI=1S/C11H14ClN/c1-7-6-9(4-5-10(7)12)11(13)8-2-3-8/h4-6,8,11H,2-3,13H2,1H3/t11-/m0/s1. The van der Waals surface area contributed by atoms with E-state index in [-0.39, 0.29) is 6.04 Å². The molecule has 0 radical (unpaired) electrons. The van der Waals surface area contributed by atoms with Crippen LogP contribution in [0.3, 0.4) is 0 Å². The highest BCUT2D eigenvalue weighted by Gasteiger charge is 2.29. The van der Waals surface area contributed by atoms with Gasteiger partial charge < -0.3 is 5.73 Å². The Morgan fingerprint density at radius 1 is 1.46 bits per heavy atom. The zero-order chi connectivity index (χ0) is 9.42. The van der Waals surface area contributed by atoms with E-state index in [9.17, 15) is 0 Å². The molecule has 1 aromatic carbocycles. The van der Waals surface area contributed by atoms with Crippen molar-refractivity contribution < 1.29 is 0 Å². The zero-order valence-corrected chi connectivity index (χ0v) is 8.51. The summed E-state index contributed by atoms with van der Waals surface area (Å²) in [5, 5.41) is 0.826. The predicted octanol–water partition coefficient (Wildman–Crippen LogP) is 3.06. The highest BCUT2D eigenvalue weighted by atomic mass is 35.5. The number of hydrogen-bond acceptors (Lipinski definition) is 1. The van der Waals surface area contributed by atoms with E-state index in [0.29, 0.717) is 5.92 Å². The van der Waals surface area contributed by atoms with Crippen LogP contribution in [0.1, 0.15) is 30.0 Å². The average Bonchev–Trinajstić information content (AvgIpc) is 2.91. The van der Waals surface area contributed by atoms with E-state index >= 15 is 0 Å². The highest BCUT2D eigenvalue weighted by Crippen LogP contribution is 2.39. The highest BCUT2D eigenvalue weighted by molar-refractivity contribution is 6.31. The van der Waals surface area contributed by atoms with Gasteiger partial charge in [0.1, 0.15) is 0 Å². The SMILES string of the molecule is Cc1cc([C@@H](N)C2CC2)ccc1Cl. The Morgan fingerprint density at radius 2 is 2.15 bits per heavy atom. The summed E-state index contributed by atoms with van der Waals surface area (Å²) in [7, 11) is 0. The molecule has 1 nitrogen and oxygen atoms in total. The lowest BCUT2D eigenvalue weighted by molar-refractivity contribution is 0.633. The van der Waals surface area contributed by atoms with Crippen LogP contribution in [0.15, 0.2) is 18.2 Å². The number of rotatable bonds is 2. The largest absolute Gasteiger partial charge is 0.324 e. The summed E-state index contributed by atoms with van der Waals surface area (Å²) in [6, 6.07) is 6.30. The Kier molecular flexibility index (Phi) is 2.31. The molecule has 0 spiro atoms. The van der Waals surface area contributed by atoms with Crippen LogP contribution in [-0.2, 0) is 0 Å². The van der Waals surface area contributed by atoms with E-state index in [4.69, 9.17) is 17.3 Å². The van der Waals surface area contributed by atoms with Gasteiger partial charge in [-0.2, -0.15) is 0 Å². The van der Waals surface area contributed by atoms with E-state index < -0.39 is 0 Å². The fourth-order valence-corrected chi connectivity index (χ4v) is 1.72. The molecule has 0 bridgehead atoms. The van der Waals surface area contributed by atoms with Gasteiger partial charge in [0.05, 0.1) is 0 Å². The molecule has 0 amide bonds. The number of hydrogen-bond donors (Lipinski definition) is 1. The van der Waals surface area contributed by atoms with Crippen molar-refractivity contribution in [2.24, 2.45) is 11.7 Å². The van der Waals surface area contributed by atoms with Crippen molar-refractivity contribution in [3.8, 4) is 0 Å². The minimum absolute atomic E-state index is 0.218. The van der Waals surface area contributed by atoms with Crippen molar-refractivity contribution in [2.75, 3.05) is 0 Å². The molecule has 1 saturated carbocycles. The van der Waals surface area contributed by atoms with E-state index in [2.05, 4.69) is 6.07 Å². The summed E-state index contributed by atoms with van der Waals surface area (Å²) >= 11 is 5.94. The first-order valence-corrected chi connectivity index (χ1v) is 5.08. The average molecular weight is 196 g/mol. The lowest BCUT2D eigenvalue weighted by atomic mass is 10.0. The molecule has 1 atom stereocenters. The maximum Gasteiger partial charge on any atom is 0.0435 e. The van der Waals surface area contributed by atoms with Gasteiger partial charge in [-0.1, -0.05) is 23.7 Å². The van der Waals surface area contributed by atoms with Crippen LogP contribution in [0.2, 0.25) is 5.02 Å². The molecule has 1 aliphatic rings. The van der Waals surface area contributed by atoms with Gasteiger partial charge in [0.25, 0.3) is 0 Å². The van der Waals surface area contributed by atoms with E-state index in [0.717, 1.165) is 10.6 Å². The Labute approximate surface area is 83.9 Å². The topological polar surface area (TPSA) is 26.0 Å². The second kappa shape index (κ2) is 3.32. The van der Waals surface area contributed by atoms with Crippen molar-refractivity contribution in [3.63, 3.8) is 0 Å². The summed E-state index contributed by atoms with van der Waals surface area (Å²) < 4.78 is 0. The van der Waals surface area contributed by atoms with Gasteiger partial charge in [0, 0.05) is 11.1 Å². The van der Waals surface area contributed by atoms with Gasteiger partial charge in [0.15, 0.2) is 0 Å². The molecule has 0 aliphatic heterocycles. The maximum absolute atomic E-state index is 6.08. The molecule has 1 aromatic rings. The Balaban J connectivity index is 2.24. The van der Waals surface area contributed by atoms with Gasteiger partial charge in [-0.15, -0.1) is 0 Å². The van der Waals surface area contributed by atoms with Crippen LogP contribution in [-0.4, -0.2) is 0 Å². The molecule has 1 aliphatic carbocycles. The zero-order valence-electron chi connectivity index (χ0n) is 7.76. The van der Waals surface area contributed by atoms with Gasteiger partial charge in [-0.05, 0) is 42.9 Å². The molecule has 2 rings (SSSR count). The smallest absolute Gasteiger partial charge is 0.0435 e. The van der Waals surface area contributed by atoms with Crippen molar-refractivity contribution in [2.45, 2.75) is 25.8 Å². The molecule has 70 valence electrons. The van der Waals surface area contributed by atoms with E-state index in [1.807, 2.05) is 19.1 Å². The second-order valence-electron chi connectivity index (χ2n) is 3.87. The first kappa shape index (κ1) is 9.04. The summed E-state index contributed by atoms with van der Waals surface area (Å²) in [6.45, 7) is 2.02. The van der Waals surface area contributed by atoms with Crippen LogP contribution in [0.5, 0.6) is 0 Å². The molecule has 2 N–H and O–H groups in total.